The summed E-state index contributed by atoms with van der Waals surface area (Å²) in [6.07, 6.45) is 69.3. The smallest absolute Gasteiger partial charge is 0.249 e. The molecule has 0 heterocycles. The van der Waals surface area contributed by atoms with Gasteiger partial charge in [0, 0.05) is 0 Å². The lowest BCUT2D eigenvalue weighted by atomic mass is 10.00. The summed E-state index contributed by atoms with van der Waals surface area (Å²) in [7, 11) is 0. The Bertz CT molecular complexity index is 1090. The van der Waals surface area contributed by atoms with Crippen LogP contribution in [0.2, 0.25) is 0 Å². The van der Waals surface area contributed by atoms with Crippen molar-refractivity contribution >= 4 is 5.91 Å². The molecule has 0 fully saturated rings. The Labute approximate surface area is 410 Å². The Morgan fingerprint density at radius 3 is 1.08 bits per heavy atom. The summed E-state index contributed by atoms with van der Waals surface area (Å²) in [6, 6.07) is -1.01. The molecule has 0 rings (SSSR count). The van der Waals surface area contributed by atoms with E-state index >= 15 is 0 Å². The molecule has 388 valence electrons. The number of nitrogens with one attached hydrogen (secondary N) is 1. The minimum atomic E-state index is -1.29. The summed E-state index contributed by atoms with van der Waals surface area (Å²) in [5, 5.41) is 43.7. The molecule has 0 aromatic rings. The molecule has 0 bridgehead atoms. The molecule has 0 spiro atoms. The van der Waals surface area contributed by atoms with Gasteiger partial charge in [-0.1, -0.05) is 262 Å². The maximum atomic E-state index is 12.6. The zero-order valence-corrected chi connectivity index (χ0v) is 43.9. The first-order chi connectivity index (χ1) is 32.5. The molecule has 4 unspecified atom stereocenters. The number of unbranched alkanes of at least 4 members (excludes halogenated alkanes) is 36. The maximum absolute atomic E-state index is 12.6. The quantitative estimate of drug-likeness (QED) is 0.0308. The van der Waals surface area contributed by atoms with Crippen molar-refractivity contribution in [2.45, 2.75) is 321 Å². The van der Waals surface area contributed by atoms with Gasteiger partial charge < -0.3 is 25.7 Å². The van der Waals surface area contributed by atoms with Crippen molar-refractivity contribution in [2.24, 2.45) is 0 Å². The molecule has 0 aliphatic carbocycles. The number of hydrogen-bond donors (Lipinski definition) is 5. The largest absolute Gasteiger partial charge is 0.394 e. The highest BCUT2D eigenvalue weighted by Gasteiger charge is 2.28. The van der Waals surface area contributed by atoms with Crippen molar-refractivity contribution in [3.05, 3.63) is 48.6 Å². The number of rotatable bonds is 53. The zero-order valence-electron chi connectivity index (χ0n) is 43.9. The van der Waals surface area contributed by atoms with Crippen molar-refractivity contribution in [3.63, 3.8) is 0 Å². The molecule has 0 aliphatic rings. The first kappa shape index (κ1) is 64.3. The molecule has 6 heteroatoms. The van der Waals surface area contributed by atoms with Gasteiger partial charge in [-0.05, 0) is 83.5 Å². The Kier molecular flexibility index (Phi) is 52.8. The van der Waals surface area contributed by atoms with Crippen LogP contribution in [0.25, 0.3) is 0 Å². The van der Waals surface area contributed by atoms with Crippen LogP contribution in [0.15, 0.2) is 48.6 Å². The standard InChI is InChI=1S/C60H113NO5/c1-3-5-7-9-11-13-15-17-18-19-20-21-22-23-24-25-26-27-28-29-30-31-32-33-34-35-36-37-38-39-40-41-42-44-46-48-50-52-54-58(64)60(66)61-56(55-62)59(65)57(63)53-51-49-47-45-43-16-14-12-10-8-6-4-2/h12,14,26-27,29-30,45,47,56-59,62-65H,3-11,13,15-25,28,31-44,46,48-55H2,1-2H3,(H,61,66)/b14-12+,27-26-,30-29-,47-45+. The van der Waals surface area contributed by atoms with E-state index < -0.39 is 36.9 Å². The summed E-state index contributed by atoms with van der Waals surface area (Å²) in [6.45, 7) is 4.01. The number of allylic oxidation sites excluding steroid dienone is 8. The molecule has 0 aromatic heterocycles. The second kappa shape index (κ2) is 54.2. The second-order valence-corrected chi connectivity index (χ2v) is 20.0. The van der Waals surface area contributed by atoms with Gasteiger partial charge in [-0.2, -0.15) is 0 Å². The van der Waals surface area contributed by atoms with Crippen LogP contribution < -0.4 is 5.32 Å². The minimum absolute atomic E-state index is 0.360. The fourth-order valence-corrected chi connectivity index (χ4v) is 8.92. The predicted molar refractivity (Wildman–Crippen MR) is 288 cm³/mol. The van der Waals surface area contributed by atoms with Crippen molar-refractivity contribution in [3.8, 4) is 0 Å². The van der Waals surface area contributed by atoms with Crippen LogP contribution in [0, 0.1) is 0 Å². The predicted octanol–water partition coefficient (Wildman–Crippen LogP) is 17.0. The number of carbonyl (C=O) groups excluding carboxylic acids is 1. The van der Waals surface area contributed by atoms with Crippen molar-refractivity contribution in [1.29, 1.82) is 0 Å². The topological polar surface area (TPSA) is 110 Å². The van der Waals surface area contributed by atoms with Crippen molar-refractivity contribution < 1.29 is 25.2 Å². The normalized spacial score (nSPS) is 14.1. The molecule has 0 saturated heterocycles. The van der Waals surface area contributed by atoms with Crippen LogP contribution >= 0.6 is 0 Å². The first-order valence-electron chi connectivity index (χ1n) is 29.0. The average molecular weight is 929 g/mol. The Morgan fingerprint density at radius 1 is 0.379 bits per heavy atom. The van der Waals surface area contributed by atoms with E-state index in [0.29, 0.717) is 19.3 Å². The third-order valence-corrected chi connectivity index (χ3v) is 13.5. The van der Waals surface area contributed by atoms with Crippen LogP contribution in [0.1, 0.15) is 296 Å². The van der Waals surface area contributed by atoms with Gasteiger partial charge in [0.25, 0.3) is 0 Å². The van der Waals surface area contributed by atoms with E-state index in [0.717, 1.165) is 51.4 Å². The van der Waals surface area contributed by atoms with E-state index in [2.05, 4.69) is 67.8 Å². The summed E-state index contributed by atoms with van der Waals surface area (Å²) >= 11 is 0. The molecule has 0 saturated carbocycles. The van der Waals surface area contributed by atoms with E-state index in [-0.39, 0.29) is 0 Å². The number of carbonyl (C=O) groups is 1. The third-order valence-electron chi connectivity index (χ3n) is 13.5. The lowest BCUT2D eigenvalue weighted by Gasteiger charge is -2.27. The van der Waals surface area contributed by atoms with Crippen LogP contribution in [0.5, 0.6) is 0 Å². The van der Waals surface area contributed by atoms with E-state index in [1.165, 1.54) is 212 Å². The van der Waals surface area contributed by atoms with Gasteiger partial charge in [0.15, 0.2) is 0 Å². The third kappa shape index (κ3) is 47.3. The van der Waals surface area contributed by atoms with Crippen LogP contribution in [-0.2, 0) is 4.79 Å². The van der Waals surface area contributed by atoms with E-state index in [1.54, 1.807) is 0 Å². The lowest BCUT2D eigenvalue weighted by molar-refractivity contribution is -0.132. The fraction of sp³-hybridized carbons (Fsp3) is 0.850. The zero-order chi connectivity index (χ0) is 48.1. The molecule has 0 aromatic carbocycles. The summed E-state index contributed by atoms with van der Waals surface area (Å²) in [5.74, 6) is -0.597. The van der Waals surface area contributed by atoms with E-state index in [4.69, 9.17) is 0 Å². The molecular formula is C60H113NO5. The van der Waals surface area contributed by atoms with Gasteiger partial charge in [0.2, 0.25) is 5.91 Å². The molecule has 4 atom stereocenters. The van der Waals surface area contributed by atoms with E-state index in [9.17, 15) is 25.2 Å². The molecule has 1 amide bonds. The van der Waals surface area contributed by atoms with Crippen molar-refractivity contribution in [1.82, 2.24) is 5.32 Å². The van der Waals surface area contributed by atoms with Crippen LogP contribution in [0.3, 0.4) is 0 Å². The highest BCUT2D eigenvalue weighted by Crippen LogP contribution is 2.17. The van der Waals surface area contributed by atoms with Gasteiger partial charge >= 0.3 is 0 Å². The average Bonchev–Trinajstić information content (AvgIpc) is 3.32. The Hall–Kier alpha value is -1.73. The first-order valence-corrected chi connectivity index (χ1v) is 29.0. The number of aliphatic hydroxyl groups excluding tert-OH is 4. The minimum Gasteiger partial charge on any atom is -0.394 e. The van der Waals surface area contributed by atoms with Gasteiger partial charge in [-0.15, -0.1) is 0 Å². The van der Waals surface area contributed by atoms with Crippen molar-refractivity contribution in [2.75, 3.05) is 6.61 Å². The van der Waals surface area contributed by atoms with Crippen LogP contribution in [0.4, 0.5) is 0 Å². The van der Waals surface area contributed by atoms with Gasteiger partial charge in [0.1, 0.15) is 12.2 Å². The van der Waals surface area contributed by atoms with Gasteiger partial charge in [-0.25, -0.2) is 0 Å². The Balaban J connectivity index is 3.54. The molecule has 5 N–H and O–H groups in total. The molecule has 0 aliphatic heterocycles. The summed E-state index contributed by atoms with van der Waals surface area (Å²) in [4.78, 5) is 12.6. The maximum Gasteiger partial charge on any atom is 0.249 e. The monoisotopic (exact) mass is 928 g/mol. The number of aliphatic hydroxyl groups is 4. The molecule has 0 radical (unpaired) electrons. The molecule has 66 heavy (non-hydrogen) atoms. The van der Waals surface area contributed by atoms with Gasteiger partial charge in [-0.3, -0.25) is 4.79 Å². The molecular weight excluding hydrogens is 815 g/mol. The van der Waals surface area contributed by atoms with E-state index in [1.807, 2.05) is 0 Å². The number of amides is 1. The summed E-state index contributed by atoms with van der Waals surface area (Å²) < 4.78 is 0. The highest BCUT2D eigenvalue weighted by molar-refractivity contribution is 5.80. The summed E-state index contributed by atoms with van der Waals surface area (Å²) in [5.41, 5.74) is 0. The van der Waals surface area contributed by atoms with Gasteiger partial charge in [0.05, 0.1) is 18.8 Å². The Morgan fingerprint density at radius 2 is 0.682 bits per heavy atom. The SMILES string of the molecule is CCCCC/C=C/CC/C=C/CCCC(O)C(O)C(CO)NC(=O)C(O)CCCCCCCCCCCCCCCCCC/C=C\C/C=C\CCCCCCCCCCCCCCCCC. The molecule has 6 nitrogen and oxygen atoms in total. The lowest BCUT2D eigenvalue weighted by Crippen LogP contribution is -2.53. The fourth-order valence-electron chi connectivity index (χ4n) is 8.92. The second-order valence-electron chi connectivity index (χ2n) is 20.0. The van der Waals surface area contributed by atoms with Crippen LogP contribution in [-0.4, -0.2) is 57.3 Å². The highest BCUT2D eigenvalue weighted by atomic mass is 16.3. The number of hydrogen-bond acceptors (Lipinski definition) is 5.